The highest BCUT2D eigenvalue weighted by atomic mass is 16.1. The molecule has 1 saturated heterocycles. The summed E-state index contributed by atoms with van der Waals surface area (Å²) >= 11 is 0. The smallest absolute Gasteiger partial charge is 0.140 e. The Kier molecular flexibility index (Phi) is 5.71. The summed E-state index contributed by atoms with van der Waals surface area (Å²) in [5.74, 6) is 0.294. The number of nitrogens with zero attached hydrogens (tertiary/aromatic N) is 2. The molecule has 3 heteroatoms. The zero-order valence-corrected chi connectivity index (χ0v) is 17.7. The summed E-state index contributed by atoms with van der Waals surface area (Å²) in [6, 6.07) is 31.9. The first-order chi connectivity index (χ1) is 14.6. The fourth-order valence-electron chi connectivity index (χ4n) is 4.57. The molecule has 4 rings (SSSR count). The Morgan fingerprint density at radius 1 is 0.767 bits per heavy atom. The molecule has 1 heterocycles. The lowest BCUT2D eigenvalue weighted by Gasteiger charge is -2.49. The molecular formula is C27H28N2O. The first-order valence-electron chi connectivity index (χ1n) is 10.5. The van der Waals surface area contributed by atoms with Crippen molar-refractivity contribution < 1.29 is 4.79 Å². The van der Waals surface area contributed by atoms with Gasteiger partial charge in [0.1, 0.15) is 11.3 Å². The lowest BCUT2D eigenvalue weighted by molar-refractivity contribution is -0.120. The Bertz CT molecular complexity index is 914. The predicted molar refractivity (Wildman–Crippen MR) is 122 cm³/mol. The zero-order chi connectivity index (χ0) is 21.0. The van der Waals surface area contributed by atoms with Gasteiger partial charge in [0, 0.05) is 45.4 Å². The van der Waals surface area contributed by atoms with Gasteiger partial charge < -0.3 is 9.80 Å². The van der Waals surface area contributed by atoms with Gasteiger partial charge in [-0.3, -0.25) is 4.79 Å². The molecule has 1 aliphatic heterocycles. The molecule has 3 nitrogen and oxygen atoms in total. The number of Topliss-reactive ketones (excluding diaryl/α,β-unsaturated/α-hetero) is 1. The Morgan fingerprint density at radius 2 is 1.20 bits per heavy atom. The lowest BCUT2D eigenvalue weighted by Crippen LogP contribution is -2.50. The maximum Gasteiger partial charge on any atom is 0.140 e. The van der Waals surface area contributed by atoms with Gasteiger partial charge in [-0.05, 0) is 16.7 Å². The highest BCUT2D eigenvalue weighted by molar-refractivity contribution is 5.82. The van der Waals surface area contributed by atoms with Gasteiger partial charge in [0.15, 0.2) is 0 Å². The number of benzene rings is 3. The SMILES string of the molecule is CN(C)C=C1CC(=O)CCN1C(c1ccccc1)(c1ccccc1)c1ccccc1. The van der Waals surface area contributed by atoms with Crippen molar-refractivity contribution in [1.82, 2.24) is 9.80 Å². The summed E-state index contributed by atoms with van der Waals surface area (Å²) in [6.07, 6.45) is 3.10. The minimum absolute atomic E-state index is 0.294. The maximum absolute atomic E-state index is 12.5. The van der Waals surface area contributed by atoms with Crippen LogP contribution in [0.25, 0.3) is 0 Å². The van der Waals surface area contributed by atoms with Crippen LogP contribution in [0.4, 0.5) is 0 Å². The monoisotopic (exact) mass is 396 g/mol. The van der Waals surface area contributed by atoms with Crippen molar-refractivity contribution in [3.8, 4) is 0 Å². The van der Waals surface area contributed by atoms with Gasteiger partial charge in [-0.1, -0.05) is 91.0 Å². The molecule has 0 spiro atoms. The van der Waals surface area contributed by atoms with Gasteiger partial charge in [-0.25, -0.2) is 0 Å². The number of likely N-dealkylation sites (tertiary alicyclic amines) is 1. The summed E-state index contributed by atoms with van der Waals surface area (Å²) in [5.41, 5.74) is 4.11. The van der Waals surface area contributed by atoms with Crippen LogP contribution < -0.4 is 0 Å². The van der Waals surface area contributed by atoms with E-state index in [-0.39, 0.29) is 0 Å². The Hall–Kier alpha value is -3.33. The van der Waals surface area contributed by atoms with E-state index >= 15 is 0 Å². The van der Waals surface area contributed by atoms with Gasteiger partial charge in [-0.2, -0.15) is 0 Å². The van der Waals surface area contributed by atoms with Crippen molar-refractivity contribution in [3.05, 3.63) is 120 Å². The third-order valence-corrected chi connectivity index (χ3v) is 5.73. The third-order valence-electron chi connectivity index (χ3n) is 5.73. The summed E-state index contributed by atoms with van der Waals surface area (Å²) in [7, 11) is 4.03. The quantitative estimate of drug-likeness (QED) is 0.564. The van der Waals surface area contributed by atoms with E-state index in [0.717, 1.165) is 5.70 Å². The number of carbonyl (C=O) groups is 1. The standard InChI is InChI=1S/C27H28N2O/c1-28(2)21-25-20-26(30)18-19-29(25)27(22-12-6-3-7-13-22,23-14-8-4-9-15-23)24-16-10-5-11-17-24/h3-17,21H,18-20H2,1-2H3. The Labute approximate surface area is 179 Å². The first kappa shape index (κ1) is 20.0. The second kappa shape index (κ2) is 8.58. The largest absolute Gasteiger partial charge is 0.382 e. The molecular weight excluding hydrogens is 368 g/mol. The van der Waals surface area contributed by atoms with Gasteiger partial charge in [0.25, 0.3) is 0 Å². The fraction of sp³-hybridized carbons (Fsp3) is 0.222. The number of ketones is 1. The topological polar surface area (TPSA) is 23.6 Å². The Morgan fingerprint density at radius 3 is 1.60 bits per heavy atom. The van der Waals surface area contributed by atoms with Crippen LogP contribution >= 0.6 is 0 Å². The molecule has 0 aromatic heterocycles. The van der Waals surface area contributed by atoms with Gasteiger partial charge in [0.05, 0.1) is 0 Å². The van der Waals surface area contributed by atoms with Crippen LogP contribution in [-0.4, -0.2) is 36.2 Å². The number of piperidine rings is 1. The minimum atomic E-state index is -0.522. The van der Waals surface area contributed by atoms with Crippen molar-refractivity contribution >= 4 is 5.78 Å². The van der Waals surface area contributed by atoms with Crippen LogP contribution in [0.3, 0.4) is 0 Å². The van der Waals surface area contributed by atoms with E-state index in [0.29, 0.717) is 25.2 Å². The molecule has 152 valence electrons. The van der Waals surface area contributed by atoms with Crippen molar-refractivity contribution in [2.45, 2.75) is 18.4 Å². The van der Waals surface area contributed by atoms with E-state index in [9.17, 15) is 4.79 Å². The van der Waals surface area contributed by atoms with Crippen molar-refractivity contribution in [1.29, 1.82) is 0 Å². The van der Waals surface area contributed by atoms with E-state index in [1.807, 2.05) is 19.0 Å². The molecule has 3 aromatic carbocycles. The number of hydrogen-bond donors (Lipinski definition) is 0. The third kappa shape index (κ3) is 3.63. The van der Waals surface area contributed by atoms with E-state index < -0.39 is 5.54 Å². The molecule has 3 aromatic rings. The number of carbonyl (C=O) groups excluding carboxylic acids is 1. The molecule has 0 unspecified atom stereocenters. The molecule has 0 N–H and O–H groups in total. The second-order valence-electron chi connectivity index (χ2n) is 8.01. The van der Waals surface area contributed by atoms with Crippen LogP contribution in [0.5, 0.6) is 0 Å². The Balaban J connectivity index is 2.06. The number of hydrogen-bond acceptors (Lipinski definition) is 3. The van der Waals surface area contributed by atoms with Gasteiger partial charge in [0.2, 0.25) is 0 Å². The second-order valence-corrected chi connectivity index (χ2v) is 8.01. The lowest BCUT2D eigenvalue weighted by atomic mass is 9.74. The molecule has 0 bridgehead atoms. The maximum atomic E-state index is 12.5. The van der Waals surface area contributed by atoms with E-state index in [1.54, 1.807) is 0 Å². The van der Waals surface area contributed by atoms with Crippen LogP contribution in [0.15, 0.2) is 103 Å². The molecule has 0 saturated carbocycles. The van der Waals surface area contributed by atoms with Crippen LogP contribution in [0.1, 0.15) is 29.5 Å². The highest BCUT2D eigenvalue weighted by Gasteiger charge is 2.44. The first-order valence-corrected chi connectivity index (χ1v) is 10.5. The average molecular weight is 397 g/mol. The van der Waals surface area contributed by atoms with E-state index in [2.05, 4.69) is 102 Å². The molecule has 0 aliphatic carbocycles. The summed E-state index contributed by atoms with van der Waals surface area (Å²) in [4.78, 5) is 16.9. The summed E-state index contributed by atoms with van der Waals surface area (Å²) < 4.78 is 0. The molecule has 30 heavy (non-hydrogen) atoms. The van der Waals surface area contributed by atoms with Gasteiger partial charge in [-0.15, -0.1) is 0 Å². The van der Waals surface area contributed by atoms with E-state index in [4.69, 9.17) is 0 Å². The molecule has 0 atom stereocenters. The summed E-state index contributed by atoms with van der Waals surface area (Å²) in [6.45, 7) is 0.678. The van der Waals surface area contributed by atoms with Crippen molar-refractivity contribution in [2.24, 2.45) is 0 Å². The van der Waals surface area contributed by atoms with Crippen molar-refractivity contribution in [3.63, 3.8) is 0 Å². The predicted octanol–water partition coefficient (Wildman–Crippen LogP) is 5.05. The molecule has 0 amide bonds. The number of allylic oxidation sites excluding steroid dienone is 1. The van der Waals surface area contributed by atoms with Crippen LogP contribution in [-0.2, 0) is 10.3 Å². The number of rotatable bonds is 5. The van der Waals surface area contributed by atoms with Crippen LogP contribution in [0, 0.1) is 0 Å². The molecule has 1 fully saturated rings. The fourth-order valence-corrected chi connectivity index (χ4v) is 4.57. The molecule has 1 aliphatic rings. The minimum Gasteiger partial charge on any atom is -0.382 e. The van der Waals surface area contributed by atoms with Crippen LogP contribution in [0.2, 0.25) is 0 Å². The highest BCUT2D eigenvalue weighted by Crippen LogP contribution is 2.45. The molecule has 0 radical (unpaired) electrons. The zero-order valence-electron chi connectivity index (χ0n) is 17.7. The van der Waals surface area contributed by atoms with Gasteiger partial charge >= 0.3 is 0 Å². The van der Waals surface area contributed by atoms with E-state index in [1.165, 1.54) is 16.7 Å². The average Bonchev–Trinajstić information content (AvgIpc) is 2.77. The van der Waals surface area contributed by atoms with Crippen molar-refractivity contribution in [2.75, 3.05) is 20.6 Å². The normalized spacial score (nSPS) is 16.0. The summed E-state index contributed by atoms with van der Waals surface area (Å²) in [5, 5.41) is 0.